The van der Waals surface area contributed by atoms with Crippen molar-refractivity contribution in [1.82, 2.24) is 15.1 Å². The molecule has 3 aromatic carbocycles. The number of hydrogen-bond donors (Lipinski definition) is 1. The summed E-state index contributed by atoms with van der Waals surface area (Å²) in [4.78, 5) is 41.1. The number of fused-ring (bicyclic) bond motifs is 1. The van der Waals surface area contributed by atoms with E-state index in [9.17, 15) is 14.4 Å². The van der Waals surface area contributed by atoms with Crippen molar-refractivity contribution in [1.29, 1.82) is 0 Å². The molecule has 1 aliphatic heterocycles. The molecule has 0 aromatic heterocycles. The van der Waals surface area contributed by atoms with Gasteiger partial charge in [-0.1, -0.05) is 71.7 Å². The van der Waals surface area contributed by atoms with E-state index in [0.29, 0.717) is 36.8 Å². The summed E-state index contributed by atoms with van der Waals surface area (Å²) in [5, 5.41) is 5.39. The van der Waals surface area contributed by atoms with E-state index in [0.717, 1.165) is 16.3 Å². The number of nitrogens with one attached hydrogen (secondary N) is 1. The molecule has 0 radical (unpaired) electrons. The molecule has 0 saturated carbocycles. The van der Waals surface area contributed by atoms with E-state index in [1.165, 1.54) is 0 Å². The van der Waals surface area contributed by atoms with E-state index in [4.69, 9.17) is 23.2 Å². The number of rotatable bonds is 5. The van der Waals surface area contributed by atoms with Gasteiger partial charge in [-0.3, -0.25) is 14.4 Å². The average Bonchev–Trinajstić information content (AvgIpc) is 2.84. The number of halogens is 2. The zero-order valence-electron chi connectivity index (χ0n) is 17.9. The van der Waals surface area contributed by atoms with Gasteiger partial charge in [0, 0.05) is 26.2 Å². The molecule has 6 nitrogen and oxygen atoms in total. The van der Waals surface area contributed by atoms with E-state index in [1.54, 1.807) is 28.0 Å². The number of carbonyl (C=O) groups is 3. The van der Waals surface area contributed by atoms with Crippen molar-refractivity contribution in [3.8, 4) is 0 Å². The van der Waals surface area contributed by atoms with Gasteiger partial charge in [0.05, 0.1) is 28.6 Å². The number of hydrogen-bond acceptors (Lipinski definition) is 3. The van der Waals surface area contributed by atoms with Crippen LogP contribution < -0.4 is 5.32 Å². The fraction of sp³-hybridized carbons (Fsp3) is 0.240. The van der Waals surface area contributed by atoms with Gasteiger partial charge in [0.1, 0.15) is 0 Å². The maximum atomic E-state index is 12.8. The van der Waals surface area contributed by atoms with Crippen LogP contribution in [0.5, 0.6) is 0 Å². The molecule has 0 aliphatic carbocycles. The largest absolute Gasteiger partial charge is 0.347 e. The first-order valence-electron chi connectivity index (χ1n) is 10.7. The summed E-state index contributed by atoms with van der Waals surface area (Å²) in [7, 11) is 0. The van der Waals surface area contributed by atoms with Crippen LogP contribution >= 0.6 is 23.2 Å². The quantitative estimate of drug-likeness (QED) is 0.599. The van der Waals surface area contributed by atoms with E-state index >= 15 is 0 Å². The third-order valence-corrected chi connectivity index (χ3v) is 6.59. The van der Waals surface area contributed by atoms with Crippen molar-refractivity contribution < 1.29 is 14.4 Å². The molecule has 0 unspecified atom stereocenters. The lowest BCUT2D eigenvalue weighted by molar-refractivity contribution is -0.133. The minimum absolute atomic E-state index is 0.0718. The SMILES string of the molecule is O=C(Cc1cccc2ccccc12)NCC(=O)N1CCN(C(=O)c2cccc(Cl)c2Cl)CC1. The Labute approximate surface area is 202 Å². The van der Waals surface area contributed by atoms with Crippen LogP contribution in [0.2, 0.25) is 10.0 Å². The fourth-order valence-electron chi connectivity index (χ4n) is 3.97. The molecule has 1 N–H and O–H groups in total. The molecular weight excluding hydrogens is 461 g/mol. The van der Waals surface area contributed by atoms with E-state index in [2.05, 4.69) is 5.32 Å². The summed E-state index contributed by atoms with van der Waals surface area (Å²) in [6.45, 7) is 1.48. The molecule has 0 spiro atoms. The van der Waals surface area contributed by atoms with Gasteiger partial charge in [0.25, 0.3) is 5.91 Å². The summed E-state index contributed by atoms with van der Waals surface area (Å²) in [6.07, 6.45) is 0.206. The first-order valence-corrected chi connectivity index (χ1v) is 11.4. The van der Waals surface area contributed by atoms with Gasteiger partial charge in [-0.15, -0.1) is 0 Å². The van der Waals surface area contributed by atoms with Gasteiger partial charge in [0.2, 0.25) is 11.8 Å². The second-order valence-electron chi connectivity index (χ2n) is 7.87. The van der Waals surface area contributed by atoms with E-state index in [1.807, 2.05) is 42.5 Å². The van der Waals surface area contributed by atoms with Gasteiger partial charge in [-0.25, -0.2) is 0 Å². The Kier molecular flexibility index (Phi) is 7.16. The first kappa shape index (κ1) is 23.1. The molecule has 33 heavy (non-hydrogen) atoms. The lowest BCUT2D eigenvalue weighted by atomic mass is 10.0. The molecule has 3 amide bonds. The van der Waals surface area contributed by atoms with Crippen LogP contribution in [0.1, 0.15) is 15.9 Å². The third kappa shape index (κ3) is 5.29. The number of piperazine rings is 1. The Hall–Kier alpha value is -3.09. The predicted molar refractivity (Wildman–Crippen MR) is 130 cm³/mol. The lowest BCUT2D eigenvalue weighted by Gasteiger charge is -2.35. The average molecular weight is 484 g/mol. The van der Waals surface area contributed by atoms with Gasteiger partial charge >= 0.3 is 0 Å². The summed E-state index contributed by atoms with van der Waals surface area (Å²) < 4.78 is 0. The van der Waals surface area contributed by atoms with Crippen molar-refractivity contribution >= 4 is 51.7 Å². The Morgan fingerprint density at radius 2 is 1.48 bits per heavy atom. The standard InChI is InChI=1S/C25H23Cl2N3O3/c26-21-10-4-9-20(24(21)27)25(33)30-13-11-29(12-14-30)23(32)16-28-22(31)15-18-7-3-6-17-5-1-2-8-19(17)18/h1-10H,11-16H2,(H,28,31). The highest BCUT2D eigenvalue weighted by molar-refractivity contribution is 6.43. The van der Waals surface area contributed by atoms with Crippen LogP contribution in [-0.4, -0.2) is 60.2 Å². The van der Waals surface area contributed by atoms with E-state index < -0.39 is 0 Å². The highest BCUT2D eigenvalue weighted by Gasteiger charge is 2.26. The Bertz CT molecular complexity index is 1200. The number of benzene rings is 3. The smallest absolute Gasteiger partial charge is 0.255 e. The van der Waals surface area contributed by atoms with E-state index in [-0.39, 0.29) is 35.7 Å². The van der Waals surface area contributed by atoms with Crippen molar-refractivity contribution in [2.24, 2.45) is 0 Å². The third-order valence-electron chi connectivity index (χ3n) is 5.77. The van der Waals surface area contributed by atoms with Gasteiger partial charge in [0.15, 0.2) is 0 Å². The zero-order valence-corrected chi connectivity index (χ0v) is 19.4. The molecule has 4 rings (SSSR count). The lowest BCUT2D eigenvalue weighted by Crippen LogP contribution is -2.52. The molecule has 0 atom stereocenters. The summed E-state index contributed by atoms with van der Waals surface area (Å²) in [5.74, 6) is -0.587. The van der Waals surface area contributed by atoms with Crippen molar-refractivity contribution in [3.63, 3.8) is 0 Å². The van der Waals surface area contributed by atoms with Crippen molar-refractivity contribution in [2.75, 3.05) is 32.7 Å². The van der Waals surface area contributed by atoms with Crippen LogP contribution in [0.15, 0.2) is 60.7 Å². The fourth-order valence-corrected chi connectivity index (χ4v) is 4.35. The van der Waals surface area contributed by atoms with Gasteiger partial charge in [-0.2, -0.15) is 0 Å². The molecule has 170 valence electrons. The molecule has 8 heteroatoms. The monoisotopic (exact) mass is 483 g/mol. The highest BCUT2D eigenvalue weighted by atomic mass is 35.5. The normalized spacial score (nSPS) is 13.8. The molecule has 1 aliphatic rings. The molecule has 3 aromatic rings. The number of carbonyl (C=O) groups excluding carboxylic acids is 3. The Balaban J connectivity index is 1.27. The summed E-state index contributed by atoms with van der Waals surface area (Å²) in [6, 6.07) is 18.7. The maximum Gasteiger partial charge on any atom is 0.255 e. The van der Waals surface area contributed by atoms with Crippen LogP contribution in [0.3, 0.4) is 0 Å². The minimum atomic E-state index is -0.210. The predicted octanol–water partition coefficient (Wildman–Crippen LogP) is 3.79. The Morgan fingerprint density at radius 3 is 2.27 bits per heavy atom. The zero-order chi connectivity index (χ0) is 23.4. The molecular formula is C25H23Cl2N3O3. The molecule has 0 bridgehead atoms. The summed E-state index contributed by atoms with van der Waals surface area (Å²) in [5.41, 5.74) is 1.27. The number of nitrogens with zero attached hydrogens (tertiary/aromatic N) is 2. The van der Waals surface area contributed by atoms with Crippen molar-refractivity contribution in [3.05, 3.63) is 81.8 Å². The molecule has 1 heterocycles. The van der Waals surface area contributed by atoms with Crippen LogP contribution in [-0.2, 0) is 16.0 Å². The minimum Gasteiger partial charge on any atom is -0.347 e. The van der Waals surface area contributed by atoms with Gasteiger partial charge < -0.3 is 15.1 Å². The van der Waals surface area contributed by atoms with Crippen LogP contribution in [0.4, 0.5) is 0 Å². The molecule has 1 saturated heterocycles. The first-order chi connectivity index (χ1) is 15.9. The number of amides is 3. The molecule has 1 fully saturated rings. The van der Waals surface area contributed by atoms with Crippen molar-refractivity contribution in [2.45, 2.75) is 6.42 Å². The van der Waals surface area contributed by atoms with Crippen LogP contribution in [0.25, 0.3) is 10.8 Å². The second-order valence-corrected chi connectivity index (χ2v) is 8.65. The van der Waals surface area contributed by atoms with Crippen LogP contribution in [0, 0.1) is 0 Å². The highest BCUT2D eigenvalue weighted by Crippen LogP contribution is 2.27. The second kappa shape index (κ2) is 10.2. The Morgan fingerprint density at radius 1 is 0.818 bits per heavy atom. The van der Waals surface area contributed by atoms with Gasteiger partial charge in [-0.05, 0) is 28.5 Å². The summed E-state index contributed by atoms with van der Waals surface area (Å²) >= 11 is 12.2. The topological polar surface area (TPSA) is 69.7 Å². The maximum absolute atomic E-state index is 12.8.